The minimum absolute atomic E-state index is 0.0559. The summed E-state index contributed by atoms with van der Waals surface area (Å²) in [5, 5.41) is 4.18. The Morgan fingerprint density at radius 3 is 2.56 bits per heavy atom. The Hall–Kier alpha value is -3.29. The van der Waals surface area contributed by atoms with Crippen molar-refractivity contribution >= 4 is 11.7 Å². The standard InChI is InChI=1S/C19H19FN6O/c20-16-5-2-1-4-15(16)12-19(27)25-10-8-24(9-11-25)17-13-18(22-14-21-17)26-7-3-6-23-26/h1-7,13-14H,8-12H2. The highest BCUT2D eigenvalue weighted by Gasteiger charge is 2.23. The second-order valence-corrected chi connectivity index (χ2v) is 6.32. The van der Waals surface area contributed by atoms with Gasteiger partial charge < -0.3 is 9.80 Å². The van der Waals surface area contributed by atoms with Crippen LogP contribution in [0.3, 0.4) is 0 Å². The molecule has 1 aromatic carbocycles. The van der Waals surface area contributed by atoms with Gasteiger partial charge in [0.05, 0.1) is 6.42 Å². The van der Waals surface area contributed by atoms with Crippen LogP contribution in [-0.2, 0) is 11.2 Å². The van der Waals surface area contributed by atoms with Crippen molar-refractivity contribution in [2.24, 2.45) is 0 Å². The van der Waals surface area contributed by atoms with Crippen molar-refractivity contribution in [3.63, 3.8) is 0 Å². The van der Waals surface area contributed by atoms with Gasteiger partial charge in [-0.1, -0.05) is 18.2 Å². The zero-order valence-electron chi connectivity index (χ0n) is 14.7. The lowest BCUT2D eigenvalue weighted by molar-refractivity contribution is -0.130. The number of hydrogen-bond acceptors (Lipinski definition) is 5. The fourth-order valence-electron chi connectivity index (χ4n) is 3.14. The summed E-state index contributed by atoms with van der Waals surface area (Å²) in [5.41, 5.74) is 0.435. The van der Waals surface area contributed by atoms with Gasteiger partial charge in [0.15, 0.2) is 5.82 Å². The maximum Gasteiger partial charge on any atom is 0.227 e. The number of halogens is 1. The Kier molecular flexibility index (Phi) is 4.78. The second kappa shape index (κ2) is 7.53. The van der Waals surface area contributed by atoms with Crippen molar-refractivity contribution < 1.29 is 9.18 Å². The van der Waals surface area contributed by atoms with Crippen LogP contribution < -0.4 is 4.90 Å². The van der Waals surface area contributed by atoms with Crippen LogP contribution in [0.15, 0.2) is 55.1 Å². The minimum atomic E-state index is -0.336. The van der Waals surface area contributed by atoms with Gasteiger partial charge in [-0.05, 0) is 17.7 Å². The molecule has 0 radical (unpaired) electrons. The molecule has 3 heterocycles. The molecule has 7 nitrogen and oxygen atoms in total. The number of anilines is 1. The summed E-state index contributed by atoms with van der Waals surface area (Å²) in [6.45, 7) is 2.49. The van der Waals surface area contributed by atoms with E-state index in [2.05, 4.69) is 20.0 Å². The predicted octanol–water partition coefficient (Wildman–Crippen LogP) is 1.69. The molecular formula is C19H19FN6O. The smallest absolute Gasteiger partial charge is 0.227 e. The summed E-state index contributed by atoms with van der Waals surface area (Å²) in [4.78, 5) is 24.9. The lowest BCUT2D eigenvalue weighted by Gasteiger charge is -2.35. The maximum absolute atomic E-state index is 13.8. The number of rotatable bonds is 4. The zero-order valence-corrected chi connectivity index (χ0v) is 14.7. The second-order valence-electron chi connectivity index (χ2n) is 6.32. The first kappa shape index (κ1) is 17.1. The highest BCUT2D eigenvalue weighted by atomic mass is 19.1. The number of amides is 1. The van der Waals surface area contributed by atoms with Gasteiger partial charge in [-0.25, -0.2) is 19.0 Å². The first-order valence-electron chi connectivity index (χ1n) is 8.79. The average molecular weight is 366 g/mol. The van der Waals surface area contributed by atoms with E-state index in [9.17, 15) is 9.18 Å². The van der Waals surface area contributed by atoms with Gasteiger partial charge in [0.25, 0.3) is 0 Å². The fourth-order valence-corrected chi connectivity index (χ4v) is 3.14. The quantitative estimate of drug-likeness (QED) is 0.703. The van der Waals surface area contributed by atoms with Crippen molar-refractivity contribution in [3.8, 4) is 5.82 Å². The van der Waals surface area contributed by atoms with Crippen molar-refractivity contribution in [1.82, 2.24) is 24.6 Å². The van der Waals surface area contributed by atoms with E-state index in [1.54, 1.807) is 34.0 Å². The first-order valence-corrected chi connectivity index (χ1v) is 8.79. The van der Waals surface area contributed by atoms with E-state index in [1.165, 1.54) is 12.4 Å². The maximum atomic E-state index is 13.8. The Morgan fingerprint density at radius 1 is 1.04 bits per heavy atom. The number of hydrogen-bond donors (Lipinski definition) is 0. The molecule has 8 heteroatoms. The van der Waals surface area contributed by atoms with E-state index in [0.717, 1.165) is 5.82 Å². The predicted molar refractivity (Wildman–Crippen MR) is 98.1 cm³/mol. The molecule has 138 valence electrons. The van der Waals surface area contributed by atoms with Crippen molar-refractivity contribution in [3.05, 3.63) is 66.5 Å². The Balaban J connectivity index is 1.38. The molecule has 1 amide bonds. The minimum Gasteiger partial charge on any atom is -0.353 e. The fraction of sp³-hybridized carbons (Fsp3) is 0.263. The lowest BCUT2D eigenvalue weighted by Crippen LogP contribution is -2.49. The van der Waals surface area contributed by atoms with E-state index >= 15 is 0 Å². The molecule has 0 atom stereocenters. The Morgan fingerprint density at radius 2 is 1.81 bits per heavy atom. The summed E-state index contributed by atoms with van der Waals surface area (Å²) < 4.78 is 15.4. The molecule has 0 spiro atoms. The third-order valence-corrected chi connectivity index (χ3v) is 4.63. The van der Waals surface area contributed by atoms with E-state index in [0.29, 0.717) is 37.6 Å². The van der Waals surface area contributed by atoms with E-state index in [4.69, 9.17) is 0 Å². The zero-order chi connectivity index (χ0) is 18.6. The third kappa shape index (κ3) is 3.79. The molecule has 1 aliphatic rings. The number of piperazine rings is 1. The molecular weight excluding hydrogens is 347 g/mol. The molecule has 1 fully saturated rings. The van der Waals surface area contributed by atoms with Crippen molar-refractivity contribution in [1.29, 1.82) is 0 Å². The Labute approximate surface area is 156 Å². The molecule has 2 aromatic heterocycles. The SMILES string of the molecule is O=C(Cc1ccccc1F)N1CCN(c2cc(-n3cccn3)ncn2)CC1. The molecule has 0 unspecified atom stereocenters. The van der Waals surface area contributed by atoms with Crippen LogP contribution in [0.4, 0.5) is 10.2 Å². The summed E-state index contributed by atoms with van der Waals surface area (Å²) >= 11 is 0. The molecule has 0 bridgehead atoms. The number of benzene rings is 1. The number of aromatic nitrogens is 4. The van der Waals surface area contributed by atoms with Gasteiger partial charge in [0, 0.05) is 44.6 Å². The first-order chi connectivity index (χ1) is 13.2. The van der Waals surface area contributed by atoms with Crippen molar-refractivity contribution in [2.75, 3.05) is 31.1 Å². The van der Waals surface area contributed by atoms with E-state index in [1.807, 2.05) is 18.3 Å². The Bertz CT molecular complexity index is 921. The van der Waals surface area contributed by atoms with Crippen LogP contribution in [0.5, 0.6) is 0 Å². The highest BCUT2D eigenvalue weighted by molar-refractivity contribution is 5.79. The summed E-state index contributed by atoms with van der Waals surface area (Å²) in [7, 11) is 0. The topological polar surface area (TPSA) is 67.2 Å². The molecule has 0 N–H and O–H groups in total. The number of carbonyl (C=O) groups excluding carboxylic acids is 1. The van der Waals surface area contributed by atoms with Crippen molar-refractivity contribution in [2.45, 2.75) is 6.42 Å². The van der Waals surface area contributed by atoms with Crippen LogP contribution in [0.1, 0.15) is 5.56 Å². The molecule has 0 saturated carbocycles. The third-order valence-electron chi connectivity index (χ3n) is 4.63. The van der Waals surface area contributed by atoms with Gasteiger partial charge in [0.2, 0.25) is 5.91 Å². The molecule has 0 aliphatic carbocycles. The van der Waals surface area contributed by atoms with Crippen LogP contribution >= 0.6 is 0 Å². The number of nitrogens with zero attached hydrogens (tertiary/aromatic N) is 6. The lowest BCUT2D eigenvalue weighted by atomic mass is 10.1. The van der Waals surface area contributed by atoms with Crippen LogP contribution in [0, 0.1) is 5.82 Å². The van der Waals surface area contributed by atoms with Gasteiger partial charge in [-0.3, -0.25) is 4.79 Å². The largest absolute Gasteiger partial charge is 0.353 e. The molecule has 1 aliphatic heterocycles. The molecule has 4 rings (SSSR count). The van der Waals surface area contributed by atoms with Crippen LogP contribution in [0.25, 0.3) is 5.82 Å². The van der Waals surface area contributed by atoms with Crippen LogP contribution in [-0.4, -0.2) is 56.7 Å². The number of carbonyl (C=O) groups is 1. The highest BCUT2D eigenvalue weighted by Crippen LogP contribution is 2.16. The van der Waals surface area contributed by atoms with Gasteiger partial charge in [-0.2, -0.15) is 5.10 Å². The summed E-state index contributed by atoms with van der Waals surface area (Å²) in [6.07, 6.45) is 5.12. The van der Waals surface area contributed by atoms with Gasteiger partial charge in [-0.15, -0.1) is 0 Å². The molecule has 1 saturated heterocycles. The normalized spacial score (nSPS) is 14.4. The molecule has 3 aromatic rings. The van der Waals surface area contributed by atoms with Gasteiger partial charge >= 0.3 is 0 Å². The summed E-state index contributed by atoms with van der Waals surface area (Å²) in [6, 6.07) is 10.1. The molecule has 27 heavy (non-hydrogen) atoms. The monoisotopic (exact) mass is 366 g/mol. The summed E-state index contributed by atoms with van der Waals surface area (Å²) in [5.74, 6) is 1.11. The van der Waals surface area contributed by atoms with E-state index < -0.39 is 0 Å². The van der Waals surface area contributed by atoms with Gasteiger partial charge in [0.1, 0.15) is 18.0 Å². The van der Waals surface area contributed by atoms with Crippen LogP contribution in [0.2, 0.25) is 0 Å². The van der Waals surface area contributed by atoms with E-state index in [-0.39, 0.29) is 18.1 Å². The average Bonchev–Trinajstić information content (AvgIpc) is 3.25.